The highest BCUT2D eigenvalue weighted by molar-refractivity contribution is 7.95. The van der Waals surface area contributed by atoms with Crippen LogP contribution in [0.25, 0.3) is 32.7 Å². The summed E-state index contributed by atoms with van der Waals surface area (Å²) in [5.74, 6) is -1.02. The van der Waals surface area contributed by atoms with Gasteiger partial charge >= 0.3 is 20.8 Å². The first-order chi connectivity index (χ1) is 19.5. The van der Waals surface area contributed by atoms with Gasteiger partial charge < -0.3 is 13.7 Å². The lowest BCUT2D eigenvalue weighted by Crippen LogP contribution is -2.21. The molecule has 6 rings (SSSR count). The van der Waals surface area contributed by atoms with Gasteiger partial charge in [-0.2, -0.15) is 16.8 Å². The monoisotopic (exact) mass is 592 g/mol. The van der Waals surface area contributed by atoms with Crippen LogP contribution in [0.1, 0.15) is 10.4 Å². The van der Waals surface area contributed by atoms with Gasteiger partial charge in [-0.15, -0.1) is 0 Å². The van der Waals surface area contributed by atoms with Crippen molar-refractivity contribution < 1.29 is 38.5 Å². The van der Waals surface area contributed by atoms with E-state index in [0.717, 1.165) is 5.56 Å². The number of nitrogens with zero attached hydrogens (tertiary/aromatic N) is 1. The van der Waals surface area contributed by atoms with Crippen LogP contribution in [0.15, 0.2) is 91.0 Å². The average molecular weight is 593 g/mol. The van der Waals surface area contributed by atoms with Crippen molar-refractivity contribution in [3.63, 3.8) is 0 Å². The number of non-ortho nitro benzene ring substituents is 1. The van der Waals surface area contributed by atoms with Crippen molar-refractivity contribution in [2.45, 2.75) is 0 Å². The molecule has 12 nitrogen and oxygen atoms in total. The van der Waals surface area contributed by atoms with Crippen LogP contribution >= 0.6 is 0 Å². The molecule has 206 valence electrons. The lowest BCUT2D eigenvalue weighted by Gasteiger charge is -2.16. The minimum atomic E-state index is -5.14. The minimum Gasteiger partial charge on any atom is -0.360 e. The number of benzene rings is 5. The fraction of sp³-hybridized carbons (Fsp3) is 0. The molecule has 0 radical (unpaired) electrons. The van der Waals surface area contributed by atoms with Crippen molar-refractivity contribution >= 4 is 59.6 Å². The number of nitro benzene ring substituents is 1. The largest absolute Gasteiger partial charge is 0.466 e. The highest BCUT2D eigenvalue weighted by Crippen LogP contribution is 2.47. The van der Waals surface area contributed by atoms with Crippen molar-refractivity contribution in [2.24, 2.45) is 0 Å². The van der Waals surface area contributed by atoms with Gasteiger partial charge in [-0.1, -0.05) is 52.2 Å². The minimum absolute atomic E-state index is 0.0446. The molecule has 1 aliphatic heterocycles. The molecule has 0 fully saturated rings. The third-order valence-electron chi connectivity index (χ3n) is 6.30. The van der Waals surface area contributed by atoms with E-state index in [9.17, 15) is 31.7 Å². The number of amides is 1. The van der Waals surface area contributed by atoms with E-state index in [0.29, 0.717) is 5.56 Å². The molecule has 0 spiro atoms. The summed E-state index contributed by atoms with van der Waals surface area (Å²) < 4.78 is 64.2. The van der Waals surface area contributed by atoms with Crippen LogP contribution in [0.2, 0.25) is 0 Å². The fourth-order valence-electron chi connectivity index (χ4n) is 4.54. The highest BCUT2D eigenvalue weighted by atomic mass is 32.3. The Morgan fingerprint density at radius 2 is 1.22 bits per heavy atom. The molecular weight excluding hydrogens is 576 g/mol. The summed E-state index contributed by atoms with van der Waals surface area (Å²) in [6, 6.07) is 23.2. The fourth-order valence-corrected chi connectivity index (χ4v) is 6.34. The zero-order chi connectivity index (χ0) is 28.9. The zero-order valence-electron chi connectivity index (χ0n) is 20.5. The average Bonchev–Trinajstić information content (AvgIpc) is 2.99. The van der Waals surface area contributed by atoms with Crippen molar-refractivity contribution in [3.05, 3.63) is 107 Å². The Balaban J connectivity index is 1.43. The summed E-state index contributed by atoms with van der Waals surface area (Å²) in [6.45, 7) is 0. The lowest BCUT2D eigenvalue weighted by atomic mass is 9.99. The molecule has 0 saturated heterocycles. The third kappa shape index (κ3) is 4.91. The van der Waals surface area contributed by atoms with Gasteiger partial charge in [-0.25, -0.2) is 0 Å². The summed E-state index contributed by atoms with van der Waals surface area (Å²) in [4.78, 5) is 23.7. The lowest BCUT2D eigenvalue weighted by molar-refractivity contribution is -0.384. The third-order valence-corrected chi connectivity index (χ3v) is 8.37. The molecule has 14 heteroatoms. The summed E-state index contributed by atoms with van der Waals surface area (Å²) in [6.07, 6.45) is 0. The van der Waals surface area contributed by atoms with Gasteiger partial charge in [0.15, 0.2) is 11.5 Å². The van der Waals surface area contributed by atoms with Gasteiger partial charge in [0.25, 0.3) is 11.6 Å². The summed E-state index contributed by atoms with van der Waals surface area (Å²) in [5, 5.41) is 14.3. The molecule has 0 aliphatic carbocycles. The Kier molecular flexibility index (Phi) is 6.10. The predicted molar refractivity (Wildman–Crippen MR) is 148 cm³/mol. The van der Waals surface area contributed by atoms with Crippen LogP contribution < -0.4 is 13.7 Å². The van der Waals surface area contributed by atoms with E-state index in [1.807, 2.05) is 0 Å². The van der Waals surface area contributed by atoms with Gasteiger partial charge in [-0.3, -0.25) is 14.9 Å². The number of carbonyl (C=O) groups excluding carboxylic acids is 1. The first kappa shape index (κ1) is 26.2. The first-order valence-electron chi connectivity index (χ1n) is 11.7. The molecule has 5 aromatic carbocycles. The maximum absolute atomic E-state index is 13.3. The van der Waals surface area contributed by atoms with Crippen molar-refractivity contribution in [3.8, 4) is 22.6 Å². The second-order valence-corrected chi connectivity index (χ2v) is 11.3. The number of hydrogen-bond acceptors (Lipinski definition) is 10. The highest BCUT2D eigenvalue weighted by Gasteiger charge is 2.34. The van der Waals surface area contributed by atoms with E-state index in [1.54, 1.807) is 48.5 Å². The van der Waals surface area contributed by atoms with Crippen LogP contribution in [0.3, 0.4) is 0 Å². The smallest absolute Gasteiger partial charge is 0.360 e. The maximum Gasteiger partial charge on any atom is 0.466 e. The van der Waals surface area contributed by atoms with Crippen LogP contribution in [0.5, 0.6) is 11.5 Å². The molecule has 0 unspecified atom stereocenters. The number of nitro groups is 1. The Morgan fingerprint density at radius 3 is 1.83 bits per heavy atom. The van der Waals surface area contributed by atoms with Gasteiger partial charge in [0.2, 0.25) is 0 Å². The van der Waals surface area contributed by atoms with E-state index >= 15 is 0 Å². The standard InChI is InChI=1S/C27H16N2O10S2/c30-27(18-10-8-16(9-11-18)17-12-14-19(15-13-17)29(31)32)28-23-7-3-6-22-24(23)26-21-5-2-1-4-20(21)25(22)37-40(33,34)39-41(35,36)38-26/h1-15H,(H,28,30). The molecule has 1 amide bonds. The van der Waals surface area contributed by atoms with E-state index < -0.39 is 31.6 Å². The Bertz CT molecular complexity index is 2110. The van der Waals surface area contributed by atoms with Crippen molar-refractivity contribution in [1.82, 2.24) is 0 Å². The van der Waals surface area contributed by atoms with Gasteiger partial charge in [0.05, 0.1) is 16.0 Å². The Morgan fingerprint density at radius 1 is 0.683 bits per heavy atom. The van der Waals surface area contributed by atoms with Crippen LogP contribution in [0, 0.1) is 10.1 Å². The van der Waals surface area contributed by atoms with Crippen molar-refractivity contribution in [2.75, 3.05) is 5.32 Å². The van der Waals surface area contributed by atoms with Crippen LogP contribution in [-0.4, -0.2) is 27.7 Å². The molecular formula is C27H16N2O10S2. The summed E-state index contributed by atoms with van der Waals surface area (Å²) >= 11 is 0. The summed E-state index contributed by atoms with van der Waals surface area (Å²) in [7, 11) is -10.2. The van der Waals surface area contributed by atoms with E-state index in [2.05, 4.69) is 8.95 Å². The topological polar surface area (TPSA) is 168 Å². The predicted octanol–water partition coefficient (Wildman–Crippen LogP) is 5.10. The van der Waals surface area contributed by atoms with E-state index in [4.69, 9.17) is 8.37 Å². The maximum atomic E-state index is 13.3. The first-order valence-corrected chi connectivity index (χ1v) is 14.4. The second-order valence-electron chi connectivity index (χ2n) is 8.82. The number of carbonyl (C=O) groups is 1. The van der Waals surface area contributed by atoms with Crippen LogP contribution in [-0.2, 0) is 24.4 Å². The molecule has 0 atom stereocenters. The molecule has 1 aliphatic rings. The van der Waals surface area contributed by atoms with Crippen molar-refractivity contribution in [1.29, 1.82) is 0 Å². The Labute approximate surface area is 232 Å². The quantitative estimate of drug-likeness (QED) is 0.168. The number of fused-ring (bicyclic) bond motifs is 3. The molecule has 5 aromatic rings. The summed E-state index contributed by atoms with van der Waals surface area (Å²) in [5.41, 5.74) is 1.75. The Hall–Kier alpha value is -5.05. The molecule has 1 heterocycles. The number of rotatable bonds is 4. The van der Waals surface area contributed by atoms with Gasteiger partial charge in [-0.05, 0) is 41.5 Å². The molecule has 0 saturated carbocycles. The molecule has 0 aromatic heterocycles. The molecule has 2 bridgehead atoms. The van der Waals surface area contributed by atoms with E-state index in [-0.39, 0.29) is 50.0 Å². The van der Waals surface area contributed by atoms with E-state index in [1.165, 1.54) is 42.5 Å². The normalized spacial score (nSPS) is 15.2. The molecule has 1 N–H and O–H groups in total. The number of anilines is 1. The number of nitrogens with one attached hydrogen (secondary N) is 1. The SMILES string of the molecule is O=C(Nc1cccc2c3c4ccccc4c(c12)OS(=O)(=O)OS(=O)(=O)O3)c1ccc(-c2ccc([N+](=O)[O-])cc2)cc1. The zero-order valence-corrected chi connectivity index (χ0v) is 22.1. The van der Waals surface area contributed by atoms with Crippen LogP contribution in [0.4, 0.5) is 11.4 Å². The number of hydrogen-bond donors (Lipinski definition) is 1. The second kappa shape index (κ2) is 9.55. The molecule has 41 heavy (non-hydrogen) atoms. The van der Waals surface area contributed by atoms with Gasteiger partial charge in [0, 0.05) is 33.9 Å². The van der Waals surface area contributed by atoms with Gasteiger partial charge in [0.1, 0.15) is 0 Å².